The van der Waals surface area contributed by atoms with Gasteiger partial charge in [-0.05, 0) is 30.5 Å². The first-order valence-corrected chi connectivity index (χ1v) is 9.42. The van der Waals surface area contributed by atoms with Crippen LogP contribution in [-0.2, 0) is 16.1 Å². The number of aliphatic hydroxyl groups excluding tert-OH is 1. The summed E-state index contributed by atoms with van der Waals surface area (Å²) in [7, 11) is 1.69. The number of imide groups is 1. The minimum Gasteiger partial charge on any atom is -0.389 e. The lowest BCUT2D eigenvalue weighted by Crippen LogP contribution is -2.49. The molecule has 26 heavy (non-hydrogen) atoms. The minimum absolute atomic E-state index is 0.0373. The molecule has 1 aliphatic heterocycles. The molecule has 1 aliphatic carbocycles. The molecular weight excluding hydrogens is 356 g/mol. The molecule has 1 aromatic rings. The highest BCUT2D eigenvalue weighted by atomic mass is 35.5. The average molecular weight is 381 g/mol. The van der Waals surface area contributed by atoms with Crippen LogP contribution in [0.4, 0.5) is 4.79 Å². The largest absolute Gasteiger partial charge is 0.389 e. The van der Waals surface area contributed by atoms with Crippen LogP contribution in [0.15, 0.2) is 24.3 Å². The third-order valence-corrected chi connectivity index (χ3v) is 5.62. The predicted octanol–water partition coefficient (Wildman–Crippen LogP) is 2.81. The van der Waals surface area contributed by atoms with E-state index in [9.17, 15) is 14.7 Å². The summed E-state index contributed by atoms with van der Waals surface area (Å²) in [4.78, 5) is 28.1. The Morgan fingerprint density at radius 3 is 2.50 bits per heavy atom. The van der Waals surface area contributed by atoms with Gasteiger partial charge in [-0.1, -0.05) is 43.0 Å². The third-order valence-electron chi connectivity index (χ3n) is 5.37. The second kappa shape index (κ2) is 7.94. The maximum absolute atomic E-state index is 12.9. The van der Waals surface area contributed by atoms with Gasteiger partial charge in [-0.15, -0.1) is 0 Å². The smallest absolute Gasteiger partial charge is 0.327 e. The van der Waals surface area contributed by atoms with Crippen molar-refractivity contribution in [2.24, 2.45) is 0 Å². The van der Waals surface area contributed by atoms with Crippen LogP contribution in [-0.4, -0.2) is 58.7 Å². The number of nitrogens with zero attached hydrogens (tertiary/aromatic N) is 2. The van der Waals surface area contributed by atoms with Gasteiger partial charge < -0.3 is 14.7 Å². The lowest BCUT2D eigenvalue weighted by Gasteiger charge is -2.35. The number of ether oxygens (including phenoxy) is 1. The zero-order valence-corrected chi connectivity index (χ0v) is 15.7. The van der Waals surface area contributed by atoms with Crippen molar-refractivity contribution in [3.63, 3.8) is 0 Å². The summed E-state index contributed by atoms with van der Waals surface area (Å²) in [6.45, 7) is 0.348. The summed E-state index contributed by atoms with van der Waals surface area (Å²) in [6.07, 6.45) is 3.48. The van der Waals surface area contributed by atoms with Gasteiger partial charge in [-0.3, -0.25) is 9.69 Å². The Kier molecular flexibility index (Phi) is 5.85. The molecule has 2 aliphatic rings. The van der Waals surface area contributed by atoms with E-state index in [1.165, 1.54) is 4.90 Å². The van der Waals surface area contributed by atoms with E-state index in [0.29, 0.717) is 24.5 Å². The zero-order chi connectivity index (χ0) is 18.7. The second-order valence-corrected chi connectivity index (χ2v) is 7.58. The van der Waals surface area contributed by atoms with Gasteiger partial charge in [0.05, 0.1) is 25.9 Å². The fourth-order valence-corrected chi connectivity index (χ4v) is 3.98. The molecule has 7 heteroatoms. The minimum atomic E-state index is -0.914. The second-order valence-electron chi connectivity index (χ2n) is 7.15. The van der Waals surface area contributed by atoms with Crippen LogP contribution in [0.3, 0.4) is 0 Å². The van der Waals surface area contributed by atoms with Crippen LogP contribution in [0.2, 0.25) is 5.02 Å². The number of urea groups is 1. The van der Waals surface area contributed by atoms with Crippen molar-refractivity contribution in [2.45, 2.75) is 50.4 Å². The van der Waals surface area contributed by atoms with Gasteiger partial charge in [0.1, 0.15) is 5.54 Å². The van der Waals surface area contributed by atoms with E-state index in [2.05, 4.69) is 0 Å². The maximum Gasteiger partial charge on any atom is 0.327 e. The molecule has 0 radical (unpaired) electrons. The van der Waals surface area contributed by atoms with E-state index in [1.54, 1.807) is 24.1 Å². The van der Waals surface area contributed by atoms with Gasteiger partial charge in [-0.2, -0.15) is 0 Å². The fraction of sp³-hybridized carbons (Fsp3) is 0.579. The Labute approximate surface area is 158 Å². The molecule has 1 aromatic carbocycles. The van der Waals surface area contributed by atoms with Crippen molar-refractivity contribution in [1.29, 1.82) is 0 Å². The van der Waals surface area contributed by atoms with Crippen LogP contribution >= 0.6 is 11.6 Å². The average Bonchev–Trinajstić information content (AvgIpc) is 2.80. The molecule has 3 amide bonds. The summed E-state index contributed by atoms with van der Waals surface area (Å²) < 4.78 is 5.51. The number of benzene rings is 1. The van der Waals surface area contributed by atoms with Gasteiger partial charge >= 0.3 is 6.03 Å². The zero-order valence-electron chi connectivity index (χ0n) is 15.0. The first-order chi connectivity index (χ1) is 12.4. The van der Waals surface area contributed by atoms with Crippen molar-refractivity contribution in [2.75, 3.05) is 20.2 Å². The number of hydrogen-bond donors (Lipinski definition) is 1. The van der Waals surface area contributed by atoms with Crippen molar-refractivity contribution in [1.82, 2.24) is 9.80 Å². The number of aliphatic hydroxyl groups is 1. The van der Waals surface area contributed by atoms with E-state index >= 15 is 0 Å². The maximum atomic E-state index is 12.9. The predicted molar refractivity (Wildman–Crippen MR) is 97.8 cm³/mol. The Morgan fingerprint density at radius 1 is 1.19 bits per heavy atom. The molecule has 1 spiro atoms. The Morgan fingerprint density at radius 2 is 1.85 bits per heavy atom. The topological polar surface area (TPSA) is 70.1 Å². The third kappa shape index (κ3) is 3.72. The summed E-state index contributed by atoms with van der Waals surface area (Å²) in [5.41, 5.74) is 0.231. The summed E-state index contributed by atoms with van der Waals surface area (Å²) in [6, 6.07) is 6.93. The van der Waals surface area contributed by atoms with E-state index in [1.807, 2.05) is 12.1 Å². The number of likely N-dealkylation sites (N-methyl/N-ethyl adjacent to an activating group) is 1. The molecule has 0 bridgehead atoms. The number of carbonyl (C=O) groups excluding carboxylic acids is 2. The van der Waals surface area contributed by atoms with Crippen molar-refractivity contribution < 1.29 is 19.4 Å². The number of carbonyl (C=O) groups is 2. The van der Waals surface area contributed by atoms with Gasteiger partial charge in [0.2, 0.25) is 0 Å². The molecule has 0 unspecified atom stereocenters. The van der Waals surface area contributed by atoms with Crippen molar-refractivity contribution >= 4 is 23.5 Å². The highest BCUT2D eigenvalue weighted by Crippen LogP contribution is 2.39. The molecule has 3 rings (SSSR count). The van der Waals surface area contributed by atoms with Crippen LogP contribution < -0.4 is 0 Å². The number of hydrogen-bond acceptors (Lipinski definition) is 4. The first kappa shape index (κ1) is 19.1. The van der Waals surface area contributed by atoms with Gasteiger partial charge in [0.15, 0.2) is 0 Å². The van der Waals surface area contributed by atoms with Crippen LogP contribution in [0.1, 0.15) is 37.7 Å². The molecular formula is C19H25ClN2O4. The monoisotopic (exact) mass is 380 g/mol. The fourth-order valence-electron chi connectivity index (χ4n) is 3.85. The Hall–Kier alpha value is -1.63. The molecule has 2 fully saturated rings. The van der Waals surface area contributed by atoms with E-state index in [0.717, 1.165) is 24.8 Å². The standard InChI is InChI=1S/C19H25ClN2O4/c1-21-18(25)22(17(24)19(21)9-3-2-4-10-19)11-16(23)13-26-12-14-5-7-15(20)8-6-14/h5-8,16,23H,2-4,9-13H2,1H3/t16-/m0/s1. The van der Waals surface area contributed by atoms with Gasteiger partial charge in [0, 0.05) is 12.1 Å². The lowest BCUT2D eigenvalue weighted by atomic mass is 9.81. The van der Waals surface area contributed by atoms with Crippen molar-refractivity contribution in [3.8, 4) is 0 Å². The van der Waals surface area contributed by atoms with Crippen LogP contribution in [0.5, 0.6) is 0 Å². The van der Waals surface area contributed by atoms with Crippen molar-refractivity contribution in [3.05, 3.63) is 34.9 Å². The molecule has 1 N–H and O–H groups in total. The molecule has 1 heterocycles. The molecule has 1 saturated carbocycles. The molecule has 1 saturated heterocycles. The highest BCUT2D eigenvalue weighted by Gasteiger charge is 2.55. The number of halogens is 1. The quantitative estimate of drug-likeness (QED) is 0.770. The van der Waals surface area contributed by atoms with Crippen LogP contribution in [0.25, 0.3) is 0 Å². The number of β-amino-alcohol motifs (C(OH)–C–C–N with tert-alkyl or cyclic N) is 1. The van der Waals surface area contributed by atoms with Gasteiger partial charge in [0.25, 0.3) is 5.91 Å². The van der Waals surface area contributed by atoms with E-state index < -0.39 is 11.6 Å². The summed E-state index contributed by atoms with van der Waals surface area (Å²) >= 11 is 5.84. The molecule has 6 nitrogen and oxygen atoms in total. The van der Waals surface area contributed by atoms with Gasteiger partial charge in [-0.25, -0.2) is 4.79 Å². The number of amides is 3. The SMILES string of the molecule is CN1C(=O)N(C[C@H](O)COCc2ccc(Cl)cc2)C(=O)C12CCCCC2. The van der Waals surface area contributed by atoms with E-state index in [-0.39, 0.29) is 25.1 Å². The first-order valence-electron chi connectivity index (χ1n) is 9.04. The Balaban J connectivity index is 1.53. The molecule has 0 aromatic heterocycles. The number of rotatable bonds is 6. The summed E-state index contributed by atoms with van der Waals surface area (Å²) in [5.74, 6) is -0.179. The Bertz CT molecular complexity index is 658. The highest BCUT2D eigenvalue weighted by molar-refractivity contribution is 6.30. The summed E-state index contributed by atoms with van der Waals surface area (Å²) in [5, 5.41) is 10.9. The molecule has 142 valence electrons. The molecule has 1 atom stereocenters. The van der Waals surface area contributed by atoms with E-state index in [4.69, 9.17) is 16.3 Å². The normalized spacial score (nSPS) is 20.9. The lowest BCUT2D eigenvalue weighted by molar-refractivity contribution is -0.135. The van der Waals surface area contributed by atoms with Crippen LogP contribution in [0, 0.1) is 0 Å².